The lowest BCUT2D eigenvalue weighted by atomic mass is 10.2. The third-order valence-electron chi connectivity index (χ3n) is 2.06. The summed E-state index contributed by atoms with van der Waals surface area (Å²) in [6, 6.07) is 8.25. The highest BCUT2D eigenvalue weighted by atomic mass is 79.9. The summed E-state index contributed by atoms with van der Waals surface area (Å²) in [4.78, 5) is 4.03. The Morgan fingerprint density at radius 2 is 2.00 bits per heavy atom. The number of hydrogen-bond donors (Lipinski definition) is 0. The monoisotopic (exact) mass is 249 g/mol. The molecule has 1 aromatic carbocycles. The molecule has 1 aromatic heterocycles. The summed E-state index contributed by atoms with van der Waals surface area (Å²) in [5.74, 6) is 0. The Kier molecular flexibility index (Phi) is 2.68. The topological polar surface area (TPSA) is 17.8 Å². The Morgan fingerprint density at radius 3 is 2.57 bits per heavy atom. The third-order valence-corrected chi connectivity index (χ3v) is 2.59. The van der Waals surface area contributed by atoms with Crippen molar-refractivity contribution in [3.8, 4) is 0 Å². The second kappa shape index (κ2) is 3.96. The van der Waals surface area contributed by atoms with Crippen LogP contribution >= 0.6 is 15.9 Å². The van der Waals surface area contributed by atoms with Gasteiger partial charge in [0.25, 0.3) is 0 Å². The molecule has 0 atom stereocenters. The van der Waals surface area contributed by atoms with E-state index in [9.17, 15) is 0 Å². The van der Waals surface area contributed by atoms with Crippen LogP contribution in [0.2, 0.25) is 0 Å². The molecule has 0 spiro atoms. The van der Waals surface area contributed by atoms with Gasteiger partial charge in [-0.1, -0.05) is 28.1 Å². The van der Waals surface area contributed by atoms with Crippen LogP contribution in [0.3, 0.4) is 0 Å². The average molecular weight is 250 g/mol. The molecule has 2 aromatic rings. The molecule has 71 valence electrons. The van der Waals surface area contributed by atoms with Crippen molar-refractivity contribution in [1.29, 1.82) is 0 Å². The fourth-order valence-electron chi connectivity index (χ4n) is 1.28. The maximum Gasteiger partial charge on any atom is 0.0951 e. The summed E-state index contributed by atoms with van der Waals surface area (Å²) in [5, 5.41) is 0. The van der Waals surface area contributed by atoms with Gasteiger partial charge in [-0.05, 0) is 24.6 Å². The molecule has 0 bridgehead atoms. The van der Waals surface area contributed by atoms with Crippen molar-refractivity contribution in [1.82, 2.24) is 9.55 Å². The van der Waals surface area contributed by atoms with Gasteiger partial charge in [-0.15, -0.1) is 0 Å². The van der Waals surface area contributed by atoms with Crippen molar-refractivity contribution < 1.29 is 0 Å². The number of imidazole rings is 1. The normalized spacial score (nSPS) is 10.4. The Labute approximate surface area is 91.7 Å². The minimum absolute atomic E-state index is 0.826. The molecule has 14 heavy (non-hydrogen) atoms. The van der Waals surface area contributed by atoms with Gasteiger partial charge in [-0.25, -0.2) is 4.98 Å². The molecule has 1 heterocycles. The van der Waals surface area contributed by atoms with Gasteiger partial charge in [0.05, 0.1) is 6.33 Å². The average Bonchev–Trinajstić information content (AvgIpc) is 2.56. The number of nitrogens with zero attached hydrogens (tertiary/aromatic N) is 2. The maximum absolute atomic E-state index is 4.03. The number of rotatable bonds is 2. The van der Waals surface area contributed by atoms with Crippen LogP contribution in [-0.4, -0.2) is 9.55 Å². The quantitative estimate of drug-likeness (QED) is 0.801. The van der Waals surface area contributed by atoms with Crippen molar-refractivity contribution in [3.63, 3.8) is 0 Å². The summed E-state index contributed by atoms with van der Waals surface area (Å²) >= 11 is 3.41. The van der Waals surface area contributed by atoms with Crippen LogP contribution in [0.5, 0.6) is 0 Å². The third kappa shape index (κ3) is 2.04. The number of aromatic nitrogens is 2. The SMILES string of the molecule is [CH2]c1cncn1Cc1ccc(Br)cc1. The van der Waals surface area contributed by atoms with Gasteiger partial charge in [0, 0.05) is 22.9 Å². The van der Waals surface area contributed by atoms with Crippen LogP contribution in [-0.2, 0) is 6.54 Å². The van der Waals surface area contributed by atoms with Crippen LogP contribution < -0.4 is 0 Å². The Bertz CT molecular complexity index is 417. The minimum Gasteiger partial charge on any atom is -0.330 e. The van der Waals surface area contributed by atoms with Crippen LogP contribution in [0.15, 0.2) is 41.3 Å². The molecule has 0 fully saturated rings. The molecule has 3 heteroatoms. The van der Waals surface area contributed by atoms with Gasteiger partial charge in [0.15, 0.2) is 0 Å². The summed E-state index contributed by atoms with van der Waals surface area (Å²) in [6.07, 6.45) is 3.56. The van der Waals surface area contributed by atoms with E-state index in [4.69, 9.17) is 0 Å². The van der Waals surface area contributed by atoms with Gasteiger partial charge in [0.2, 0.25) is 0 Å². The molecule has 0 aliphatic heterocycles. The first-order valence-corrected chi connectivity index (χ1v) is 5.11. The minimum atomic E-state index is 0.826. The molecule has 0 aliphatic carbocycles. The lowest BCUT2D eigenvalue weighted by molar-refractivity contribution is 0.783. The van der Waals surface area contributed by atoms with E-state index in [0.717, 1.165) is 16.7 Å². The standard InChI is InChI=1S/C11H10BrN2/c1-9-6-13-8-14(9)7-10-2-4-11(12)5-3-10/h2-6,8H,1,7H2. The molecule has 0 amide bonds. The van der Waals surface area contributed by atoms with Crippen LogP contribution in [0.1, 0.15) is 11.3 Å². The van der Waals surface area contributed by atoms with Crippen molar-refractivity contribution in [2.45, 2.75) is 6.54 Å². The summed E-state index contributed by atoms with van der Waals surface area (Å²) in [5.41, 5.74) is 2.18. The predicted molar refractivity (Wildman–Crippen MR) is 59.9 cm³/mol. The van der Waals surface area contributed by atoms with E-state index in [0.29, 0.717) is 0 Å². The van der Waals surface area contributed by atoms with Gasteiger partial charge < -0.3 is 4.57 Å². The van der Waals surface area contributed by atoms with Gasteiger partial charge in [-0.2, -0.15) is 0 Å². The molecule has 0 N–H and O–H groups in total. The fraction of sp³-hybridized carbons (Fsp3) is 0.0909. The van der Waals surface area contributed by atoms with E-state index in [2.05, 4.69) is 40.0 Å². The molecule has 2 nitrogen and oxygen atoms in total. The van der Waals surface area contributed by atoms with Crippen molar-refractivity contribution in [3.05, 3.63) is 59.4 Å². The van der Waals surface area contributed by atoms with Crippen LogP contribution in [0.4, 0.5) is 0 Å². The smallest absolute Gasteiger partial charge is 0.0951 e. The first kappa shape index (κ1) is 9.46. The first-order chi connectivity index (χ1) is 6.75. The van der Waals surface area contributed by atoms with Crippen LogP contribution in [0, 0.1) is 6.92 Å². The lowest BCUT2D eigenvalue weighted by Gasteiger charge is -2.04. The second-order valence-electron chi connectivity index (χ2n) is 3.14. The van der Waals surface area contributed by atoms with E-state index in [1.54, 1.807) is 12.5 Å². The van der Waals surface area contributed by atoms with Gasteiger partial charge in [-0.3, -0.25) is 0 Å². The Morgan fingerprint density at radius 1 is 1.29 bits per heavy atom. The molecular formula is C11H10BrN2. The number of hydrogen-bond acceptors (Lipinski definition) is 1. The van der Waals surface area contributed by atoms with E-state index in [1.165, 1.54) is 5.56 Å². The summed E-state index contributed by atoms with van der Waals surface area (Å²) in [7, 11) is 0. The first-order valence-electron chi connectivity index (χ1n) is 4.32. The zero-order chi connectivity index (χ0) is 9.97. The second-order valence-corrected chi connectivity index (χ2v) is 4.06. The highest BCUT2D eigenvalue weighted by Gasteiger charge is 1.97. The van der Waals surface area contributed by atoms with E-state index in [1.807, 2.05) is 16.7 Å². The highest BCUT2D eigenvalue weighted by Crippen LogP contribution is 2.12. The van der Waals surface area contributed by atoms with Crippen LogP contribution in [0.25, 0.3) is 0 Å². The molecule has 0 saturated heterocycles. The fourth-order valence-corrected chi connectivity index (χ4v) is 1.54. The van der Waals surface area contributed by atoms with Crippen molar-refractivity contribution in [2.24, 2.45) is 0 Å². The zero-order valence-electron chi connectivity index (χ0n) is 7.65. The largest absolute Gasteiger partial charge is 0.330 e. The van der Waals surface area contributed by atoms with E-state index < -0.39 is 0 Å². The maximum atomic E-state index is 4.03. The van der Waals surface area contributed by atoms with Crippen molar-refractivity contribution in [2.75, 3.05) is 0 Å². The van der Waals surface area contributed by atoms with Gasteiger partial charge in [0.1, 0.15) is 0 Å². The molecule has 0 unspecified atom stereocenters. The number of halogens is 1. The molecule has 0 aliphatic rings. The molecule has 0 saturated carbocycles. The van der Waals surface area contributed by atoms with Gasteiger partial charge >= 0.3 is 0 Å². The summed E-state index contributed by atoms with van der Waals surface area (Å²) in [6.45, 7) is 4.71. The number of benzene rings is 1. The molecular weight excluding hydrogens is 240 g/mol. The highest BCUT2D eigenvalue weighted by molar-refractivity contribution is 9.10. The Balaban J connectivity index is 2.19. The van der Waals surface area contributed by atoms with E-state index >= 15 is 0 Å². The summed E-state index contributed by atoms with van der Waals surface area (Å²) < 4.78 is 3.12. The van der Waals surface area contributed by atoms with E-state index in [-0.39, 0.29) is 0 Å². The molecule has 2 rings (SSSR count). The molecule has 1 radical (unpaired) electrons. The Hall–Kier alpha value is -1.09. The van der Waals surface area contributed by atoms with Crippen molar-refractivity contribution >= 4 is 15.9 Å². The zero-order valence-corrected chi connectivity index (χ0v) is 9.24. The lowest BCUT2D eigenvalue weighted by Crippen LogP contribution is -1.99. The predicted octanol–water partition coefficient (Wildman–Crippen LogP) is 2.88.